The first kappa shape index (κ1) is 12.6. The van der Waals surface area contributed by atoms with E-state index in [-0.39, 0.29) is 0 Å². The van der Waals surface area contributed by atoms with Gasteiger partial charge in [0, 0.05) is 17.6 Å². The molecular weight excluding hydrogens is 194 g/mol. The molecule has 0 saturated heterocycles. The second-order valence-corrected chi connectivity index (χ2v) is 3.86. The molecule has 0 aliphatic heterocycles. The normalized spacial score (nSPS) is 9.56. The van der Waals surface area contributed by atoms with Crippen molar-refractivity contribution >= 4 is 0 Å². The van der Waals surface area contributed by atoms with Crippen LogP contribution in [0.1, 0.15) is 30.7 Å². The first-order valence-corrected chi connectivity index (χ1v) is 5.89. The van der Waals surface area contributed by atoms with Crippen LogP contribution in [-0.2, 0) is 0 Å². The zero-order valence-electron chi connectivity index (χ0n) is 10.9. The summed E-state index contributed by atoms with van der Waals surface area (Å²) < 4.78 is 2.22. The molecule has 1 aromatic heterocycles. The van der Waals surface area contributed by atoms with Gasteiger partial charge in [0.1, 0.15) is 0 Å². The van der Waals surface area contributed by atoms with E-state index in [0.717, 1.165) is 0 Å². The van der Waals surface area contributed by atoms with Crippen molar-refractivity contribution in [1.82, 2.24) is 4.57 Å². The van der Waals surface area contributed by atoms with Crippen LogP contribution in [-0.4, -0.2) is 4.57 Å². The van der Waals surface area contributed by atoms with Gasteiger partial charge < -0.3 is 4.57 Å². The van der Waals surface area contributed by atoms with E-state index < -0.39 is 0 Å². The second kappa shape index (κ2) is 5.55. The van der Waals surface area contributed by atoms with E-state index in [1.54, 1.807) is 0 Å². The molecule has 0 N–H and O–H groups in total. The summed E-state index contributed by atoms with van der Waals surface area (Å²) in [4.78, 5) is 0. The SMILES string of the molecule is CC.Cc1ccc(-n2cc(C)cc2C)cc1. The number of aryl methyl sites for hydroxylation is 3. The van der Waals surface area contributed by atoms with Crippen LogP contribution in [0, 0.1) is 20.8 Å². The lowest BCUT2D eigenvalue weighted by Gasteiger charge is -2.05. The molecular formula is C15H21N. The Balaban J connectivity index is 0.000000606. The molecule has 1 aromatic carbocycles. The Morgan fingerprint density at radius 1 is 0.812 bits per heavy atom. The standard InChI is InChI=1S/C13H15N.C2H6/c1-10-4-6-13(7-5-10)14-9-11(2)8-12(14)3;1-2/h4-9H,1-3H3;1-2H3. The molecule has 0 saturated carbocycles. The maximum atomic E-state index is 2.22. The second-order valence-electron chi connectivity index (χ2n) is 3.86. The fraction of sp³-hybridized carbons (Fsp3) is 0.333. The highest BCUT2D eigenvalue weighted by Crippen LogP contribution is 2.15. The Labute approximate surface area is 98.7 Å². The molecule has 0 unspecified atom stereocenters. The van der Waals surface area contributed by atoms with E-state index in [1.807, 2.05) is 13.8 Å². The molecule has 0 bridgehead atoms. The molecule has 2 aromatic rings. The zero-order chi connectivity index (χ0) is 12.1. The fourth-order valence-electron chi connectivity index (χ4n) is 1.73. The van der Waals surface area contributed by atoms with E-state index in [2.05, 4.69) is 61.9 Å². The quantitative estimate of drug-likeness (QED) is 0.663. The number of aromatic nitrogens is 1. The van der Waals surface area contributed by atoms with Gasteiger partial charge in [0.2, 0.25) is 0 Å². The first-order valence-electron chi connectivity index (χ1n) is 5.89. The highest BCUT2D eigenvalue weighted by atomic mass is 15.0. The minimum atomic E-state index is 1.24. The Kier molecular flexibility index (Phi) is 4.36. The number of rotatable bonds is 1. The van der Waals surface area contributed by atoms with Crippen LogP contribution in [0.2, 0.25) is 0 Å². The Morgan fingerprint density at radius 2 is 1.38 bits per heavy atom. The van der Waals surface area contributed by atoms with Crippen molar-refractivity contribution in [3.63, 3.8) is 0 Å². The molecule has 0 radical (unpaired) electrons. The van der Waals surface area contributed by atoms with Gasteiger partial charge in [-0.2, -0.15) is 0 Å². The molecule has 16 heavy (non-hydrogen) atoms. The molecule has 0 aliphatic rings. The average molecular weight is 215 g/mol. The first-order chi connectivity index (χ1) is 7.66. The molecule has 0 atom stereocenters. The molecule has 0 fully saturated rings. The molecule has 86 valence electrons. The minimum Gasteiger partial charge on any atom is -0.321 e. The lowest BCUT2D eigenvalue weighted by molar-refractivity contribution is 1.01. The monoisotopic (exact) mass is 215 g/mol. The maximum Gasteiger partial charge on any atom is 0.0452 e. The topological polar surface area (TPSA) is 4.93 Å². The summed E-state index contributed by atoms with van der Waals surface area (Å²) >= 11 is 0. The lowest BCUT2D eigenvalue weighted by atomic mass is 10.2. The third-order valence-electron chi connectivity index (χ3n) is 2.46. The molecule has 0 spiro atoms. The predicted molar refractivity (Wildman–Crippen MR) is 71.3 cm³/mol. The summed E-state index contributed by atoms with van der Waals surface area (Å²) in [7, 11) is 0. The number of nitrogens with zero attached hydrogens (tertiary/aromatic N) is 1. The van der Waals surface area contributed by atoms with Crippen LogP contribution in [0.15, 0.2) is 36.5 Å². The molecule has 1 heteroatoms. The molecule has 0 aliphatic carbocycles. The van der Waals surface area contributed by atoms with Crippen LogP contribution < -0.4 is 0 Å². The number of benzene rings is 1. The fourth-order valence-corrected chi connectivity index (χ4v) is 1.73. The van der Waals surface area contributed by atoms with Crippen molar-refractivity contribution in [2.24, 2.45) is 0 Å². The van der Waals surface area contributed by atoms with E-state index in [9.17, 15) is 0 Å². The van der Waals surface area contributed by atoms with E-state index in [0.29, 0.717) is 0 Å². The van der Waals surface area contributed by atoms with Gasteiger partial charge in [0.25, 0.3) is 0 Å². The van der Waals surface area contributed by atoms with Crippen molar-refractivity contribution in [1.29, 1.82) is 0 Å². The zero-order valence-corrected chi connectivity index (χ0v) is 10.9. The van der Waals surface area contributed by atoms with Crippen molar-refractivity contribution < 1.29 is 0 Å². The van der Waals surface area contributed by atoms with Crippen molar-refractivity contribution in [2.75, 3.05) is 0 Å². The van der Waals surface area contributed by atoms with Crippen LogP contribution in [0.4, 0.5) is 0 Å². The summed E-state index contributed by atoms with van der Waals surface area (Å²) in [6.45, 7) is 10.4. The predicted octanol–water partition coefficient (Wildman–Crippen LogP) is 4.43. The van der Waals surface area contributed by atoms with Crippen LogP contribution in [0.25, 0.3) is 5.69 Å². The van der Waals surface area contributed by atoms with E-state index in [4.69, 9.17) is 0 Å². The number of hydrogen-bond acceptors (Lipinski definition) is 0. The summed E-state index contributed by atoms with van der Waals surface area (Å²) in [5.74, 6) is 0. The van der Waals surface area contributed by atoms with Gasteiger partial charge in [0.05, 0.1) is 0 Å². The smallest absolute Gasteiger partial charge is 0.0452 e. The lowest BCUT2D eigenvalue weighted by Crippen LogP contribution is -1.93. The van der Waals surface area contributed by atoms with E-state index >= 15 is 0 Å². The van der Waals surface area contributed by atoms with Gasteiger partial charge in [-0.15, -0.1) is 0 Å². The highest BCUT2D eigenvalue weighted by Gasteiger charge is 2.00. The summed E-state index contributed by atoms with van der Waals surface area (Å²) in [5.41, 5.74) is 5.13. The molecule has 2 rings (SSSR count). The largest absolute Gasteiger partial charge is 0.321 e. The van der Waals surface area contributed by atoms with Crippen molar-refractivity contribution in [2.45, 2.75) is 34.6 Å². The number of hydrogen-bond donors (Lipinski definition) is 0. The van der Waals surface area contributed by atoms with Gasteiger partial charge in [0.15, 0.2) is 0 Å². The third-order valence-corrected chi connectivity index (χ3v) is 2.46. The summed E-state index contributed by atoms with van der Waals surface area (Å²) in [5, 5.41) is 0. The Morgan fingerprint density at radius 3 is 1.81 bits per heavy atom. The van der Waals surface area contributed by atoms with Gasteiger partial charge in [-0.25, -0.2) is 0 Å². The molecule has 0 amide bonds. The Hall–Kier alpha value is -1.50. The summed E-state index contributed by atoms with van der Waals surface area (Å²) in [6, 6.07) is 10.8. The van der Waals surface area contributed by atoms with Crippen molar-refractivity contribution in [3.8, 4) is 5.69 Å². The molecule has 1 heterocycles. The van der Waals surface area contributed by atoms with Crippen LogP contribution >= 0.6 is 0 Å². The van der Waals surface area contributed by atoms with E-state index in [1.165, 1.54) is 22.5 Å². The summed E-state index contributed by atoms with van der Waals surface area (Å²) in [6.07, 6.45) is 2.17. The minimum absolute atomic E-state index is 1.24. The molecule has 1 nitrogen and oxygen atoms in total. The van der Waals surface area contributed by atoms with Gasteiger partial charge >= 0.3 is 0 Å². The van der Waals surface area contributed by atoms with Gasteiger partial charge in [-0.1, -0.05) is 31.5 Å². The average Bonchev–Trinajstić information content (AvgIpc) is 2.62. The van der Waals surface area contributed by atoms with Crippen LogP contribution in [0.3, 0.4) is 0 Å². The highest BCUT2D eigenvalue weighted by molar-refractivity contribution is 5.38. The third kappa shape index (κ3) is 2.75. The van der Waals surface area contributed by atoms with Crippen molar-refractivity contribution in [3.05, 3.63) is 53.3 Å². The van der Waals surface area contributed by atoms with Crippen LogP contribution in [0.5, 0.6) is 0 Å². The van der Waals surface area contributed by atoms with Gasteiger partial charge in [-0.05, 0) is 44.5 Å². The maximum absolute atomic E-state index is 2.22. The Bertz CT molecular complexity index is 435. The van der Waals surface area contributed by atoms with Gasteiger partial charge in [-0.3, -0.25) is 0 Å².